The van der Waals surface area contributed by atoms with Crippen LogP contribution in [0, 0.1) is 5.41 Å². The van der Waals surface area contributed by atoms with Crippen LogP contribution in [-0.4, -0.2) is 64.4 Å². The lowest BCUT2D eigenvalue weighted by Gasteiger charge is -2.42. The van der Waals surface area contributed by atoms with Gasteiger partial charge in [0.05, 0.1) is 23.9 Å². The fourth-order valence-corrected chi connectivity index (χ4v) is 5.01. The van der Waals surface area contributed by atoms with Crippen molar-refractivity contribution in [1.82, 2.24) is 19.8 Å². The van der Waals surface area contributed by atoms with Crippen LogP contribution in [0.25, 0.3) is 11.3 Å². The zero-order valence-electron chi connectivity index (χ0n) is 21.8. The van der Waals surface area contributed by atoms with Crippen molar-refractivity contribution in [2.45, 2.75) is 45.4 Å². The van der Waals surface area contributed by atoms with Crippen LogP contribution in [0.1, 0.15) is 44.6 Å². The van der Waals surface area contributed by atoms with Crippen molar-refractivity contribution in [3.05, 3.63) is 78.2 Å². The highest BCUT2D eigenvalue weighted by Crippen LogP contribution is 2.40. The van der Waals surface area contributed by atoms with Crippen molar-refractivity contribution in [3.63, 3.8) is 0 Å². The molecule has 0 aliphatic carbocycles. The minimum absolute atomic E-state index is 0.0545. The maximum atomic E-state index is 13.5. The molecule has 1 aliphatic heterocycles. The lowest BCUT2D eigenvalue weighted by Crippen LogP contribution is -2.52. The molecule has 3 aromatic rings. The first-order valence-corrected chi connectivity index (χ1v) is 12.6. The number of nitrogens with one attached hydrogen (secondary N) is 1. The summed E-state index contributed by atoms with van der Waals surface area (Å²) < 4.78 is 7.42. The van der Waals surface area contributed by atoms with Crippen molar-refractivity contribution in [1.29, 1.82) is 0 Å². The van der Waals surface area contributed by atoms with Crippen LogP contribution in [-0.2, 0) is 16.1 Å². The molecule has 36 heavy (non-hydrogen) atoms. The number of amides is 1. The number of aliphatic hydroxyl groups is 1. The number of nitrogens with zero attached hydrogens (tertiary/aromatic N) is 3. The van der Waals surface area contributed by atoms with Gasteiger partial charge in [-0.3, -0.25) is 4.79 Å². The number of methoxy groups -OCH3 is 1. The average Bonchev–Trinajstić information content (AvgIpc) is 3.46. The molecule has 1 aliphatic rings. The number of β-amino-alcohol motifs (C(OH)–C–C–N with tert-alkyl or cyclic N) is 1. The quantitative estimate of drug-likeness (QED) is 0.476. The highest BCUT2D eigenvalue weighted by Gasteiger charge is 2.43. The van der Waals surface area contributed by atoms with Gasteiger partial charge in [0.25, 0.3) is 0 Å². The molecule has 1 aromatic heterocycles. The lowest BCUT2D eigenvalue weighted by atomic mass is 9.83. The molecule has 0 saturated carbocycles. The molecule has 2 N–H and O–H groups in total. The minimum atomic E-state index is -0.994. The molecule has 2 aromatic carbocycles. The van der Waals surface area contributed by atoms with Gasteiger partial charge in [-0.1, -0.05) is 81.4 Å². The van der Waals surface area contributed by atoms with Crippen LogP contribution < -0.4 is 5.32 Å². The molecular weight excluding hydrogens is 452 g/mol. The number of carbonyl (C=O) groups is 1. The smallest absolute Gasteiger partial charge is 0.249 e. The standard InChI is InChI=1S/C29H38N4O3/c1-28(2,3)26(33(25(34)19-36-4)21-29(35)15-16-30-20-29)27-31-24(23-13-9-6-10-14-23)18-32(27)17-22-11-7-5-8-12-22/h5-14,18,26,30,35H,15-17,19-21H2,1-4H3/t26-,29-/m0/s1. The summed E-state index contributed by atoms with van der Waals surface area (Å²) in [6.07, 6.45) is 2.66. The Hall–Kier alpha value is -3.00. The summed E-state index contributed by atoms with van der Waals surface area (Å²) in [6, 6.07) is 20.0. The molecule has 0 bridgehead atoms. The summed E-state index contributed by atoms with van der Waals surface area (Å²) in [7, 11) is 1.53. The molecule has 7 heteroatoms. The van der Waals surface area contributed by atoms with Crippen LogP contribution in [0.5, 0.6) is 0 Å². The van der Waals surface area contributed by atoms with Gasteiger partial charge in [-0.15, -0.1) is 0 Å². The van der Waals surface area contributed by atoms with E-state index in [4.69, 9.17) is 9.72 Å². The van der Waals surface area contributed by atoms with E-state index in [1.165, 1.54) is 7.11 Å². The minimum Gasteiger partial charge on any atom is -0.387 e. The van der Waals surface area contributed by atoms with Gasteiger partial charge in [0.1, 0.15) is 12.4 Å². The summed E-state index contributed by atoms with van der Waals surface area (Å²) in [5.74, 6) is 0.637. The van der Waals surface area contributed by atoms with Crippen LogP contribution in [0.15, 0.2) is 66.9 Å². The van der Waals surface area contributed by atoms with E-state index in [0.29, 0.717) is 19.5 Å². The van der Waals surface area contributed by atoms with Crippen LogP contribution >= 0.6 is 0 Å². The van der Waals surface area contributed by atoms with Crippen LogP contribution in [0.3, 0.4) is 0 Å². The molecule has 4 rings (SSSR count). The summed E-state index contributed by atoms with van der Waals surface area (Å²) in [6.45, 7) is 8.31. The van der Waals surface area contributed by atoms with Crippen molar-refractivity contribution in [2.75, 3.05) is 33.4 Å². The number of carbonyl (C=O) groups excluding carboxylic acids is 1. The molecule has 1 fully saturated rings. The predicted molar refractivity (Wildman–Crippen MR) is 141 cm³/mol. The van der Waals surface area contributed by atoms with Gasteiger partial charge in [-0.05, 0) is 23.9 Å². The molecule has 1 amide bonds. The molecule has 7 nitrogen and oxygen atoms in total. The third kappa shape index (κ3) is 6.03. The summed E-state index contributed by atoms with van der Waals surface area (Å²) in [4.78, 5) is 20.4. The Morgan fingerprint density at radius 3 is 2.42 bits per heavy atom. The molecule has 0 spiro atoms. The number of hydrogen-bond donors (Lipinski definition) is 2. The lowest BCUT2D eigenvalue weighted by molar-refractivity contribution is -0.145. The maximum absolute atomic E-state index is 13.5. The maximum Gasteiger partial charge on any atom is 0.249 e. The fourth-order valence-electron chi connectivity index (χ4n) is 5.01. The van der Waals surface area contributed by atoms with E-state index >= 15 is 0 Å². The number of ether oxygens (including phenoxy) is 1. The first-order chi connectivity index (χ1) is 17.2. The summed E-state index contributed by atoms with van der Waals surface area (Å²) in [5.41, 5.74) is 1.67. The van der Waals surface area contributed by atoms with Gasteiger partial charge in [0.2, 0.25) is 5.91 Å². The van der Waals surface area contributed by atoms with Crippen molar-refractivity contribution >= 4 is 5.91 Å². The van der Waals surface area contributed by atoms with Gasteiger partial charge in [0, 0.05) is 32.0 Å². The Bertz CT molecular complexity index is 1130. The molecule has 2 atom stereocenters. The Labute approximate surface area is 214 Å². The second-order valence-corrected chi connectivity index (χ2v) is 10.8. The summed E-state index contributed by atoms with van der Waals surface area (Å²) in [5, 5.41) is 14.5. The van der Waals surface area contributed by atoms with E-state index in [9.17, 15) is 9.90 Å². The van der Waals surface area contributed by atoms with Crippen molar-refractivity contribution in [2.24, 2.45) is 5.41 Å². The van der Waals surface area contributed by atoms with Gasteiger partial charge < -0.3 is 24.6 Å². The van der Waals surface area contributed by atoms with Gasteiger partial charge in [0.15, 0.2) is 0 Å². The fraction of sp³-hybridized carbons (Fsp3) is 0.448. The Morgan fingerprint density at radius 1 is 1.17 bits per heavy atom. The molecule has 0 radical (unpaired) electrons. The Balaban J connectivity index is 1.84. The number of hydrogen-bond acceptors (Lipinski definition) is 5. The van der Waals surface area contributed by atoms with Crippen molar-refractivity contribution in [3.8, 4) is 11.3 Å². The highest BCUT2D eigenvalue weighted by molar-refractivity contribution is 5.78. The number of aromatic nitrogens is 2. The van der Waals surface area contributed by atoms with Gasteiger partial charge in [-0.2, -0.15) is 0 Å². The van der Waals surface area contributed by atoms with E-state index in [1.807, 2.05) is 48.5 Å². The van der Waals surface area contributed by atoms with E-state index in [2.05, 4.69) is 49.0 Å². The second kappa shape index (κ2) is 10.9. The van der Waals surface area contributed by atoms with E-state index in [0.717, 1.165) is 29.2 Å². The first kappa shape index (κ1) is 26.1. The van der Waals surface area contributed by atoms with Crippen LogP contribution in [0.2, 0.25) is 0 Å². The molecule has 1 saturated heterocycles. The summed E-state index contributed by atoms with van der Waals surface area (Å²) >= 11 is 0. The molecule has 0 unspecified atom stereocenters. The number of rotatable bonds is 9. The number of imidazole rings is 1. The predicted octanol–water partition coefficient (Wildman–Crippen LogP) is 3.89. The second-order valence-electron chi connectivity index (χ2n) is 10.8. The molecule has 192 valence electrons. The monoisotopic (exact) mass is 490 g/mol. The third-order valence-corrected chi connectivity index (χ3v) is 6.72. The topological polar surface area (TPSA) is 79.6 Å². The largest absolute Gasteiger partial charge is 0.387 e. The van der Waals surface area contributed by atoms with Gasteiger partial charge in [-0.25, -0.2) is 4.98 Å². The Kier molecular flexibility index (Phi) is 7.93. The Morgan fingerprint density at radius 2 is 1.83 bits per heavy atom. The normalized spacial score (nSPS) is 18.8. The number of benzene rings is 2. The zero-order chi connectivity index (χ0) is 25.8. The van der Waals surface area contributed by atoms with E-state index in [1.54, 1.807) is 4.90 Å². The van der Waals surface area contributed by atoms with E-state index < -0.39 is 5.60 Å². The zero-order valence-corrected chi connectivity index (χ0v) is 21.8. The van der Waals surface area contributed by atoms with E-state index in [-0.39, 0.29) is 30.5 Å². The molecule has 2 heterocycles. The highest BCUT2D eigenvalue weighted by atomic mass is 16.5. The third-order valence-electron chi connectivity index (χ3n) is 6.72. The molecular formula is C29H38N4O3. The SMILES string of the molecule is COCC(=O)N(C[C@]1(O)CCNC1)[C@@H](c1nc(-c2ccccc2)cn1Cc1ccccc1)C(C)(C)C. The van der Waals surface area contributed by atoms with Crippen molar-refractivity contribution < 1.29 is 14.6 Å². The van der Waals surface area contributed by atoms with Gasteiger partial charge >= 0.3 is 0 Å². The first-order valence-electron chi connectivity index (χ1n) is 12.6. The average molecular weight is 491 g/mol. The van der Waals surface area contributed by atoms with Crippen LogP contribution in [0.4, 0.5) is 0 Å².